The van der Waals surface area contributed by atoms with E-state index in [2.05, 4.69) is 78.3 Å². The molecule has 0 fully saturated rings. The van der Waals surface area contributed by atoms with Gasteiger partial charge < -0.3 is 0 Å². The maximum Gasteiger partial charge on any atom is 0.0644 e. The van der Waals surface area contributed by atoms with Gasteiger partial charge in [0.25, 0.3) is 0 Å². The number of alkyl halides is 1. The van der Waals surface area contributed by atoms with Gasteiger partial charge in [-0.3, -0.25) is 0 Å². The van der Waals surface area contributed by atoms with Gasteiger partial charge in [-0.25, -0.2) is 0 Å². The Bertz CT molecular complexity index is 510. The Labute approximate surface area is 131 Å². The molecule has 0 spiro atoms. The van der Waals surface area contributed by atoms with Gasteiger partial charge in [0.1, 0.15) is 0 Å². The highest BCUT2D eigenvalue weighted by Crippen LogP contribution is 2.31. The van der Waals surface area contributed by atoms with Crippen LogP contribution < -0.4 is 0 Å². The number of halogens is 1. The SMILES string of the molecule is CCCCc1ccc(C(Br)c2ccc(CC)cc2)cc1. The molecule has 0 aliphatic rings. The van der Waals surface area contributed by atoms with Gasteiger partial charge in [0.2, 0.25) is 0 Å². The minimum absolute atomic E-state index is 0.286. The molecule has 0 saturated carbocycles. The molecule has 0 saturated heterocycles. The van der Waals surface area contributed by atoms with Crippen LogP contribution in [0.3, 0.4) is 0 Å². The Morgan fingerprint density at radius 1 is 0.800 bits per heavy atom. The van der Waals surface area contributed by atoms with E-state index >= 15 is 0 Å². The molecule has 0 aliphatic carbocycles. The minimum Gasteiger partial charge on any atom is -0.0786 e. The normalized spacial score (nSPS) is 12.3. The predicted octanol–water partition coefficient (Wildman–Crippen LogP) is 6.08. The van der Waals surface area contributed by atoms with E-state index in [9.17, 15) is 0 Å². The minimum atomic E-state index is 0.286. The van der Waals surface area contributed by atoms with Crippen molar-refractivity contribution < 1.29 is 0 Å². The van der Waals surface area contributed by atoms with E-state index in [-0.39, 0.29) is 4.83 Å². The molecule has 0 aromatic heterocycles. The fraction of sp³-hybridized carbons (Fsp3) is 0.368. The lowest BCUT2D eigenvalue weighted by Gasteiger charge is -2.12. The summed E-state index contributed by atoms with van der Waals surface area (Å²) >= 11 is 3.82. The molecule has 0 nitrogen and oxygen atoms in total. The van der Waals surface area contributed by atoms with E-state index < -0.39 is 0 Å². The number of hydrogen-bond acceptors (Lipinski definition) is 0. The van der Waals surface area contributed by atoms with Crippen LogP contribution in [0.15, 0.2) is 48.5 Å². The molecule has 0 bridgehead atoms. The maximum atomic E-state index is 3.82. The number of aryl methyl sites for hydroxylation is 2. The third-order valence-corrected chi connectivity index (χ3v) is 4.83. The van der Waals surface area contributed by atoms with E-state index in [1.54, 1.807) is 0 Å². The Hall–Kier alpha value is -1.08. The highest BCUT2D eigenvalue weighted by atomic mass is 79.9. The predicted molar refractivity (Wildman–Crippen MR) is 91.6 cm³/mol. The summed E-state index contributed by atoms with van der Waals surface area (Å²) in [6.07, 6.45) is 4.82. The van der Waals surface area contributed by atoms with Crippen LogP contribution in [0, 0.1) is 0 Å². The van der Waals surface area contributed by atoms with Crippen molar-refractivity contribution in [2.75, 3.05) is 0 Å². The first kappa shape index (κ1) is 15.3. The Kier molecular flexibility index (Phi) is 5.85. The standard InChI is InChI=1S/C19H23Br/c1-3-5-6-16-9-13-18(14-10-16)19(20)17-11-7-15(4-2)8-12-17/h7-14,19H,3-6H2,1-2H3. The number of unbranched alkanes of at least 4 members (excludes halogenated alkanes) is 1. The van der Waals surface area contributed by atoms with E-state index in [0.29, 0.717) is 0 Å². The van der Waals surface area contributed by atoms with Crippen molar-refractivity contribution in [2.24, 2.45) is 0 Å². The van der Waals surface area contributed by atoms with Crippen molar-refractivity contribution in [3.63, 3.8) is 0 Å². The average molecular weight is 331 g/mol. The molecule has 1 atom stereocenters. The first-order valence-corrected chi connectivity index (χ1v) is 8.48. The molecular formula is C19H23Br. The quantitative estimate of drug-likeness (QED) is 0.563. The Balaban J connectivity index is 2.09. The van der Waals surface area contributed by atoms with Gasteiger partial charge in [0.15, 0.2) is 0 Å². The van der Waals surface area contributed by atoms with Crippen LogP contribution in [0.2, 0.25) is 0 Å². The van der Waals surface area contributed by atoms with Gasteiger partial charge in [0, 0.05) is 0 Å². The van der Waals surface area contributed by atoms with Gasteiger partial charge in [-0.2, -0.15) is 0 Å². The smallest absolute Gasteiger partial charge is 0.0644 e. The summed E-state index contributed by atoms with van der Waals surface area (Å²) in [5.74, 6) is 0. The summed E-state index contributed by atoms with van der Waals surface area (Å²) in [4.78, 5) is 0.286. The Morgan fingerprint density at radius 3 is 1.75 bits per heavy atom. The maximum absolute atomic E-state index is 3.82. The zero-order valence-corrected chi connectivity index (χ0v) is 14.0. The van der Waals surface area contributed by atoms with Crippen molar-refractivity contribution in [1.29, 1.82) is 0 Å². The lowest BCUT2D eigenvalue weighted by molar-refractivity contribution is 0.795. The van der Waals surface area contributed by atoms with Gasteiger partial charge in [-0.15, -0.1) is 0 Å². The van der Waals surface area contributed by atoms with Crippen molar-refractivity contribution in [2.45, 2.75) is 44.4 Å². The monoisotopic (exact) mass is 330 g/mol. The van der Waals surface area contributed by atoms with E-state index in [4.69, 9.17) is 0 Å². The molecule has 2 rings (SSSR count). The van der Waals surface area contributed by atoms with Crippen molar-refractivity contribution in [3.8, 4) is 0 Å². The summed E-state index contributed by atoms with van der Waals surface area (Å²) in [5, 5.41) is 0. The fourth-order valence-corrected chi connectivity index (χ4v) is 2.96. The van der Waals surface area contributed by atoms with Crippen molar-refractivity contribution >= 4 is 15.9 Å². The Morgan fingerprint density at radius 2 is 1.30 bits per heavy atom. The van der Waals surface area contributed by atoms with Crippen LogP contribution >= 0.6 is 15.9 Å². The molecule has 0 radical (unpaired) electrons. The van der Waals surface area contributed by atoms with Crippen molar-refractivity contribution in [1.82, 2.24) is 0 Å². The summed E-state index contributed by atoms with van der Waals surface area (Å²) in [6.45, 7) is 4.43. The van der Waals surface area contributed by atoms with Crippen LogP contribution in [0.4, 0.5) is 0 Å². The van der Waals surface area contributed by atoms with Gasteiger partial charge >= 0.3 is 0 Å². The van der Waals surface area contributed by atoms with Crippen LogP contribution in [-0.4, -0.2) is 0 Å². The van der Waals surface area contributed by atoms with Crippen molar-refractivity contribution in [3.05, 3.63) is 70.8 Å². The second-order valence-corrected chi connectivity index (χ2v) is 6.22. The van der Waals surface area contributed by atoms with Crippen LogP contribution in [0.1, 0.15) is 53.8 Å². The summed E-state index contributed by atoms with van der Waals surface area (Å²) in [6, 6.07) is 17.9. The lowest BCUT2D eigenvalue weighted by atomic mass is 10.0. The highest BCUT2D eigenvalue weighted by Gasteiger charge is 2.09. The topological polar surface area (TPSA) is 0 Å². The number of rotatable bonds is 6. The third-order valence-electron chi connectivity index (χ3n) is 3.77. The number of hydrogen-bond donors (Lipinski definition) is 0. The molecule has 2 aromatic carbocycles. The fourth-order valence-electron chi connectivity index (χ4n) is 2.35. The van der Waals surface area contributed by atoms with E-state index in [1.165, 1.54) is 41.5 Å². The lowest BCUT2D eigenvalue weighted by Crippen LogP contribution is -1.94. The molecular weight excluding hydrogens is 308 g/mol. The van der Waals surface area contributed by atoms with Gasteiger partial charge in [0.05, 0.1) is 4.83 Å². The zero-order valence-electron chi connectivity index (χ0n) is 12.4. The summed E-state index contributed by atoms with van der Waals surface area (Å²) in [7, 11) is 0. The first-order valence-electron chi connectivity index (χ1n) is 7.56. The van der Waals surface area contributed by atoms with Gasteiger partial charge in [-0.1, -0.05) is 84.7 Å². The van der Waals surface area contributed by atoms with E-state index in [0.717, 1.165) is 6.42 Å². The second kappa shape index (κ2) is 7.64. The molecule has 1 unspecified atom stereocenters. The summed E-state index contributed by atoms with van der Waals surface area (Å²) in [5.41, 5.74) is 5.48. The first-order chi connectivity index (χ1) is 9.74. The average Bonchev–Trinajstić information content (AvgIpc) is 2.53. The highest BCUT2D eigenvalue weighted by molar-refractivity contribution is 9.09. The molecule has 0 amide bonds. The second-order valence-electron chi connectivity index (χ2n) is 5.30. The largest absolute Gasteiger partial charge is 0.0786 e. The molecule has 2 aromatic rings. The van der Waals surface area contributed by atoms with Gasteiger partial charge in [-0.05, 0) is 41.5 Å². The molecule has 106 valence electrons. The van der Waals surface area contributed by atoms with Crippen LogP contribution in [0.25, 0.3) is 0 Å². The molecule has 20 heavy (non-hydrogen) atoms. The molecule has 0 N–H and O–H groups in total. The van der Waals surface area contributed by atoms with E-state index in [1.807, 2.05) is 0 Å². The molecule has 0 heterocycles. The number of benzene rings is 2. The summed E-state index contributed by atoms with van der Waals surface area (Å²) < 4.78 is 0. The van der Waals surface area contributed by atoms with Crippen LogP contribution in [0.5, 0.6) is 0 Å². The zero-order chi connectivity index (χ0) is 14.4. The third kappa shape index (κ3) is 3.96. The van der Waals surface area contributed by atoms with Crippen LogP contribution in [-0.2, 0) is 12.8 Å². The molecule has 0 aliphatic heterocycles. The molecule has 1 heteroatoms.